The van der Waals surface area contributed by atoms with E-state index < -0.39 is 0 Å². The highest BCUT2D eigenvalue weighted by atomic mass is 35.5. The zero-order valence-electron chi connectivity index (χ0n) is 20.9. The Labute approximate surface area is 222 Å². The Bertz CT molecular complexity index is 1140. The van der Waals surface area contributed by atoms with Gasteiger partial charge in [0.15, 0.2) is 5.82 Å². The number of aliphatic hydroxyl groups is 1. The number of nitriles is 1. The number of aromatic nitrogens is 3. The normalized spacial score (nSPS) is 25.5. The lowest BCUT2D eigenvalue weighted by molar-refractivity contribution is 0.0969. The van der Waals surface area contributed by atoms with Crippen molar-refractivity contribution in [3.63, 3.8) is 0 Å². The van der Waals surface area contributed by atoms with Gasteiger partial charge in [0, 0.05) is 49.1 Å². The second kappa shape index (κ2) is 10.7. The monoisotopic (exact) mass is 528 g/mol. The van der Waals surface area contributed by atoms with Gasteiger partial charge in [-0.3, -0.25) is 0 Å². The number of anilines is 2. The Morgan fingerprint density at radius 3 is 2.72 bits per heavy atom. The van der Waals surface area contributed by atoms with Gasteiger partial charge in [0.2, 0.25) is 0 Å². The molecule has 36 heavy (non-hydrogen) atoms. The molecule has 3 fully saturated rings. The highest BCUT2D eigenvalue weighted by molar-refractivity contribution is 7.99. The van der Waals surface area contributed by atoms with Gasteiger partial charge in [-0.05, 0) is 44.1 Å². The first-order chi connectivity index (χ1) is 17.4. The Morgan fingerprint density at radius 2 is 2.03 bits per heavy atom. The van der Waals surface area contributed by atoms with Crippen LogP contribution in [0.3, 0.4) is 0 Å². The molecule has 5 rings (SSSR count). The summed E-state index contributed by atoms with van der Waals surface area (Å²) in [6, 6.07) is 4.15. The average Bonchev–Trinajstić information content (AvgIpc) is 3.47. The van der Waals surface area contributed by atoms with Crippen LogP contribution in [0.15, 0.2) is 28.4 Å². The lowest BCUT2D eigenvalue weighted by atomic mass is 9.70. The summed E-state index contributed by atoms with van der Waals surface area (Å²) in [7, 11) is 0. The van der Waals surface area contributed by atoms with E-state index in [1.165, 1.54) is 11.8 Å². The van der Waals surface area contributed by atoms with Crippen LogP contribution < -0.4 is 9.80 Å². The maximum absolute atomic E-state index is 10.1. The van der Waals surface area contributed by atoms with Crippen LogP contribution in [0.25, 0.3) is 0 Å². The predicted octanol–water partition coefficient (Wildman–Crippen LogP) is 4.55. The third kappa shape index (κ3) is 4.89. The maximum Gasteiger partial charge on any atom is 0.152 e. The van der Waals surface area contributed by atoms with Crippen molar-refractivity contribution in [1.29, 1.82) is 5.26 Å². The summed E-state index contributed by atoms with van der Waals surface area (Å²) in [6.45, 7) is 8.55. The SMILES string of the molecule is C[C@@H]1OCC2(CCN(c3ncc(Sc4ccnc(N5CCC(CC#N)C5)c4Cl)nc3CO)CC2)[C@@H]1C. The number of aliphatic hydroxyl groups excluding tert-OH is 1. The quantitative estimate of drug-likeness (QED) is 0.578. The fourth-order valence-electron chi connectivity index (χ4n) is 5.81. The van der Waals surface area contributed by atoms with Crippen molar-refractivity contribution in [1.82, 2.24) is 15.0 Å². The molecule has 5 heterocycles. The minimum Gasteiger partial charge on any atom is -0.390 e. The Hall–Kier alpha value is -2.12. The molecule has 10 heteroatoms. The Balaban J connectivity index is 1.29. The fourth-order valence-corrected chi connectivity index (χ4v) is 6.95. The molecule has 1 unspecified atom stereocenters. The predicted molar refractivity (Wildman–Crippen MR) is 140 cm³/mol. The van der Waals surface area contributed by atoms with Crippen molar-refractivity contribution in [3.8, 4) is 6.07 Å². The van der Waals surface area contributed by atoms with Crippen LogP contribution in [0.4, 0.5) is 11.6 Å². The molecule has 2 aromatic heterocycles. The van der Waals surface area contributed by atoms with Gasteiger partial charge >= 0.3 is 0 Å². The molecule has 2 aromatic rings. The molecule has 0 saturated carbocycles. The maximum atomic E-state index is 10.1. The van der Waals surface area contributed by atoms with E-state index >= 15 is 0 Å². The third-order valence-electron chi connectivity index (χ3n) is 8.33. The molecule has 1 spiro atoms. The van der Waals surface area contributed by atoms with E-state index in [0.29, 0.717) is 40.1 Å². The van der Waals surface area contributed by atoms with Gasteiger partial charge in [0.25, 0.3) is 0 Å². The summed E-state index contributed by atoms with van der Waals surface area (Å²) in [5.74, 6) is 2.41. The first-order valence-electron chi connectivity index (χ1n) is 12.7. The molecule has 3 aliphatic heterocycles. The van der Waals surface area contributed by atoms with E-state index in [0.717, 1.165) is 68.6 Å². The molecule has 3 saturated heterocycles. The molecule has 3 aliphatic rings. The van der Waals surface area contributed by atoms with E-state index in [9.17, 15) is 5.11 Å². The Morgan fingerprint density at radius 1 is 1.22 bits per heavy atom. The van der Waals surface area contributed by atoms with E-state index in [1.54, 1.807) is 12.4 Å². The zero-order valence-corrected chi connectivity index (χ0v) is 22.4. The number of hydrogen-bond donors (Lipinski definition) is 1. The number of piperidine rings is 1. The van der Waals surface area contributed by atoms with Crippen molar-refractivity contribution in [2.45, 2.75) is 62.2 Å². The second-order valence-electron chi connectivity index (χ2n) is 10.3. The fraction of sp³-hybridized carbons (Fsp3) is 0.615. The summed E-state index contributed by atoms with van der Waals surface area (Å²) in [5.41, 5.74) is 0.836. The molecule has 1 N–H and O–H groups in total. The third-order valence-corrected chi connectivity index (χ3v) is 9.78. The van der Waals surface area contributed by atoms with Crippen LogP contribution >= 0.6 is 23.4 Å². The molecule has 0 bridgehead atoms. The number of ether oxygens (including phenoxy) is 1. The molecule has 8 nitrogen and oxygen atoms in total. The topological polar surface area (TPSA) is 98.4 Å². The van der Waals surface area contributed by atoms with Gasteiger partial charge < -0.3 is 19.6 Å². The van der Waals surface area contributed by atoms with Crippen LogP contribution in [-0.2, 0) is 11.3 Å². The van der Waals surface area contributed by atoms with E-state index in [-0.39, 0.29) is 12.0 Å². The second-order valence-corrected chi connectivity index (χ2v) is 11.7. The van der Waals surface area contributed by atoms with Crippen molar-refractivity contribution < 1.29 is 9.84 Å². The molecule has 0 amide bonds. The highest BCUT2D eigenvalue weighted by Gasteiger charge is 2.47. The minimum absolute atomic E-state index is 0.168. The van der Waals surface area contributed by atoms with E-state index in [4.69, 9.17) is 31.6 Å². The number of halogens is 1. The lowest BCUT2D eigenvalue weighted by Gasteiger charge is -2.42. The van der Waals surface area contributed by atoms with Crippen molar-refractivity contribution in [2.75, 3.05) is 42.6 Å². The van der Waals surface area contributed by atoms with Crippen LogP contribution in [0.5, 0.6) is 0 Å². The van der Waals surface area contributed by atoms with Crippen LogP contribution in [-0.4, -0.2) is 58.9 Å². The summed E-state index contributed by atoms with van der Waals surface area (Å²) >= 11 is 8.19. The molecule has 0 radical (unpaired) electrons. The number of rotatable bonds is 6. The van der Waals surface area contributed by atoms with Crippen LogP contribution in [0.2, 0.25) is 5.02 Å². The van der Waals surface area contributed by atoms with Crippen LogP contribution in [0.1, 0.15) is 45.2 Å². The van der Waals surface area contributed by atoms with Gasteiger partial charge in [-0.2, -0.15) is 5.26 Å². The molecular formula is C26H33ClN6O2S. The Kier molecular flexibility index (Phi) is 7.59. The first-order valence-corrected chi connectivity index (χ1v) is 13.9. The summed E-state index contributed by atoms with van der Waals surface area (Å²) in [5, 5.41) is 20.4. The molecule has 0 aliphatic carbocycles. The summed E-state index contributed by atoms with van der Waals surface area (Å²) in [6.07, 6.45) is 7.48. The van der Waals surface area contributed by atoms with E-state index in [2.05, 4.69) is 34.7 Å². The molecule has 192 valence electrons. The van der Waals surface area contributed by atoms with Gasteiger partial charge in [0.05, 0.1) is 36.6 Å². The molecule has 3 atom stereocenters. The van der Waals surface area contributed by atoms with Crippen molar-refractivity contribution in [2.24, 2.45) is 17.3 Å². The van der Waals surface area contributed by atoms with E-state index in [1.807, 2.05) is 6.07 Å². The van der Waals surface area contributed by atoms with Gasteiger partial charge in [-0.1, -0.05) is 30.3 Å². The average molecular weight is 529 g/mol. The zero-order chi connectivity index (χ0) is 25.3. The number of hydrogen-bond acceptors (Lipinski definition) is 9. The first kappa shape index (κ1) is 25.5. The van der Waals surface area contributed by atoms with Crippen molar-refractivity contribution >= 4 is 35.0 Å². The largest absolute Gasteiger partial charge is 0.390 e. The van der Waals surface area contributed by atoms with Gasteiger partial charge in [0.1, 0.15) is 16.5 Å². The molecular weight excluding hydrogens is 496 g/mol. The van der Waals surface area contributed by atoms with Crippen molar-refractivity contribution in [3.05, 3.63) is 29.2 Å². The number of pyridine rings is 1. The lowest BCUT2D eigenvalue weighted by Crippen LogP contribution is -2.44. The van der Waals surface area contributed by atoms with Crippen LogP contribution in [0, 0.1) is 28.6 Å². The summed E-state index contributed by atoms with van der Waals surface area (Å²) < 4.78 is 5.96. The number of nitrogens with zero attached hydrogens (tertiary/aromatic N) is 6. The standard InChI is InChI=1S/C26H33ClN6O2S/c1-17-18(2)35-16-26(17)6-11-32(12-7-26)24-20(15-34)31-22(13-30-24)36-21-4-9-29-25(23(21)27)33-10-5-19(14-33)3-8-28/h4,9,13,17-19,34H,3,5-7,10-12,14-16H2,1-2H3/t17-,18+,19?/m1/s1. The highest BCUT2D eigenvalue weighted by Crippen LogP contribution is 2.47. The van der Waals surface area contributed by atoms with Gasteiger partial charge in [-0.15, -0.1) is 0 Å². The summed E-state index contributed by atoms with van der Waals surface area (Å²) in [4.78, 5) is 19.2. The minimum atomic E-state index is -0.168. The van der Waals surface area contributed by atoms with Gasteiger partial charge in [-0.25, -0.2) is 15.0 Å². The smallest absolute Gasteiger partial charge is 0.152 e. The molecule has 0 aromatic carbocycles.